The van der Waals surface area contributed by atoms with Gasteiger partial charge in [0, 0.05) is 4.47 Å². The number of ether oxygens (including phenoxy) is 2. The second kappa shape index (κ2) is 8.97. The first-order valence-corrected chi connectivity index (χ1v) is 10.3. The maximum absolute atomic E-state index is 12.5. The van der Waals surface area contributed by atoms with Crippen molar-refractivity contribution in [1.29, 1.82) is 0 Å². The molecule has 0 aliphatic rings. The van der Waals surface area contributed by atoms with Crippen LogP contribution in [0.15, 0.2) is 89.4 Å². The highest BCUT2D eigenvalue weighted by Gasteiger charge is 2.15. The molecule has 30 heavy (non-hydrogen) atoms. The van der Waals surface area contributed by atoms with Gasteiger partial charge < -0.3 is 9.47 Å². The van der Waals surface area contributed by atoms with Crippen LogP contribution >= 0.6 is 15.9 Å². The van der Waals surface area contributed by atoms with E-state index in [1.807, 2.05) is 42.5 Å². The summed E-state index contributed by atoms with van der Waals surface area (Å²) in [5, 5.41) is 2.40. The Labute approximate surface area is 183 Å². The molecule has 4 aromatic carbocycles. The SMILES string of the molecule is COc1cc(C=Cc2cccc3ccccc23)ccc1OC(=O)c1ccccc1Br. The molecule has 0 unspecified atom stereocenters. The zero-order valence-electron chi connectivity index (χ0n) is 16.3. The molecule has 0 atom stereocenters. The van der Waals surface area contributed by atoms with Crippen molar-refractivity contribution in [2.75, 3.05) is 7.11 Å². The molecule has 0 saturated heterocycles. The van der Waals surface area contributed by atoms with E-state index in [0.717, 1.165) is 11.1 Å². The zero-order chi connectivity index (χ0) is 20.9. The second-order valence-corrected chi connectivity index (χ2v) is 7.54. The number of hydrogen-bond donors (Lipinski definition) is 0. The molecule has 4 rings (SSSR count). The Morgan fingerprint density at radius 1 is 0.833 bits per heavy atom. The van der Waals surface area contributed by atoms with Gasteiger partial charge in [0.05, 0.1) is 12.7 Å². The van der Waals surface area contributed by atoms with E-state index < -0.39 is 5.97 Å². The Balaban J connectivity index is 1.58. The van der Waals surface area contributed by atoms with Crippen LogP contribution in [0.2, 0.25) is 0 Å². The quantitative estimate of drug-likeness (QED) is 0.183. The number of hydrogen-bond acceptors (Lipinski definition) is 3. The first-order chi connectivity index (χ1) is 14.7. The topological polar surface area (TPSA) is 35.5 Å². The molecule has 0 spiro atoms. The molecular weight excluding hydrogens is 440 g/mol. The van der Waals surface area contributed by atoms with E-state index in [4.69, 9.17) is 9.47 Å². The molecule has 3 nitrogen and oxygen atoms in total. The fraction of sp³-hybridized carbons (Fsp3) is 0.0385. The molecule has 0 fully saturated rings. The van der Waals surface area contributed by atoms with Gasteiger partial charge in [0.25, 0.3) is 0 Å². The monoisotopic (exact) mass is 458 g/mol. The lowest BCUT2D eigenvalue weighted by molar-refractivity contribution is 0.0729. The van der Waals surface area contributed by atoms with Gasteiger partial charge >= 0.3 is 5.97 Å². The third-order valence-electron chi connectivity index (χ3n) is 4.76. The van der Waals surface area contributed by atoms with Gasteiger partial charge in [0.1, 0.15) is 0 Å². The third-order valence-corrected chi connectivity index (χ3v) is 5.45. The maximum Gasteiger partial charge on any atom is 0.344 e. The van der Waals surface area contributed by atoms with Crippen LogP contribution in [-0.2, 0) is 0 Å². The maximum atomic E-state index is 12.5. The summed E-state index contributed by atoms with van der Waals surface area (Å²) in [6.07, 6.45) is 4.09. The number of benzene rings is 4. The van der Waals surface area contributed by atoms with E-state index >= 15 is 0 Å². The van der Waals surface area contributed by atoms with Crippen LogP contribution < -0.4 is 9.47 Å². The van der Waals surface area contributed by atoms with Gasteiger partial charge in [-0.15, -0.1) is 0 Å². The summed E-state index contributed by atoms with van der Waals surface area (Å²) in [6.45, 7) is 0. The summed E-state index contributed by atoms with van der Waals surface area (Å²) < 4.78 is 11.7. The molecule has 0 aromatic heterocycles. The van der Waals surface area contributed by atoms with E-state index in [1.54, 1.807) is 31.4 Å². The number of carbonyl (C=O) groups is 1. The fourth-order valence-corrected chi connectivity index (χ4v) is 3.68. The minimum absolute atomic E-state index is 0.376. The van der Waals surface area contributed by atoms with Crippen LogP contribution in [-0.4, -0.2) is 13.1 Å². The average molecular weight is 459 g/mol. The molecule has 0 bridgehead atoms. The van der Waals surface area contributed by atoms with Gasteiger partial charge in [-0.1, -0.05) is 72.8 Å². The van der Waals surface area contributed by atoms with Crippen molar-refractivity contribution in [3.63, 3.8) is 0 Å². The van der Waals surface area contributed by atoms with Gasteiger partial charge in [-0.25, -0.2) is 4.79 Å². The second-order valence-electron chi connectivity index (χ2n) is 6.68. The number of rotatable bonds is 5. The molecule has 0 amide bonds. The van der Waals surface area contributed by atoms with Crippen molar-refractivity contribution in [3.8, 4) is 11.5 Å². The normalized spacial score (nSPS) is 11.0. The fourth-order valence-electron chi connectivity index (χ4n) is 3.24. The van der Waals surface area contributed by atoms with Crippen molar-refractivity contribution in [2.24, 2.45) is 0 Å². The Hall–Kier alpha value is -3.37. The summed E-state index contributed by atoms with van der Waals surface area (Å²) in [5.74, 6) is 0.427. The molecule has 0 N–H and O–H groups in total. The van der Waals surface area contributed by atoms with Gasteiger partial charge in [0.2, 0.25) is 0 Å². The van der Waals surface area contributed by atoms with E-state index in [2.05, 4.69) is 46.3 Å². The first kappa shape index (κ1) is 19.9. The molecule has 0 radical (unpaired) electrons. The minimum Gasteiger partial charge on any atom is -0.493 e. The van der Waals surface area contributed by atoms with Crippen LogP contribution in [0, 0.1) is 0 Å². The predicted octanol–water partition coefficient (Wildman–Crippen LogP) is 7.00. The van der Waals surface area contributed by atoms with E-state index in [0.29, 0.717) is 21.5 Å². The highest BCUT2D eigenvalue weighted by molar-refractivity contribution is 9.10. The predicted molar refractivity (Wildman–Crippen MR) is 125 cm³/mol. The number of methoxy groups -OCH3 is 1. The zero-order valence-corrected chi connectivity index (χ0v) is 17.9. The standard InChI is InChI=1S/C26H19BrO3/c1-29-25-17-18(13-15-20-9-6-8-19-7-2-3-10-21(19)20)14-16-24(25)30-26(28)22-11-4-5-12-23(22)27/h2-17H,1H3. The van der Waals surface area contributed by atoms with Gasteiger partial charge in [0.15, 0.2) is 11.5 Å². The average Bonchev–Trinajstić information content (AvgIpc) is 2.78. The molecule has 148 valence electrons. The lowest BCUT2D eigenvalue weighted by Gasteiger charge is -2.11. The largest absolute Gasteiger partial charge is 0.493 e. The van der Waals surface area contributed by atoms with E-state index in [9.17, 15) is 4.79 Å². The van der Waals surface area contributed by atoms with E-state index in [1.165, 1.54) is 10.8 Å². The van der Waals surface area contributed by atoms with Gasteiger partial charge in [-0.05, 0) is 62.1 Å². The van der Waals surface area contributed by atoms with E-state index in [-0.39, 0.29) is 0 Å². The summed E-state index contributed by atoms with van der Waals surface area (Å²) in [5.41, 5.74) is 2.54. The van der Waals surface area contributed by atoms with Gasteiger partial charge in [-0.2, -0.15) is 0 Å². The van der Waals surface area contributed by atoms with Crippen LogP contribution in [0.5, 0.6) is 11.5 Å². The molecule has 0 aliphatic carbocycles. The highest BCUT2D eigenvalue weighted by Crippen LogP contribution is 2.30. The molecule has 0 saturated carbocycles. The van der Waals surface area contributed by atoms with Crippen LogP contribution in [0.3, 0.4) is 0 Å². The van der Waals surface area contributed by atoms with Crippen molar-refractivity contribution < 1.29 is 14.3 Å². The van der Waals surface area contributed by atoms with Crippen molar-refractivity contribution >= 4 is 44.8 Å². The summed E-state index contributed by atoms with van der Waals surface area (Å²) in [4.78, 5) is 12.5. The Morgan fingerprint density at radius 3 is 2.43 bits per heavy atom. The van der Waals surface area contributed by atoms with Crippen molar-refractivity contribution in [2.45, 2.75) is 0 Å². The first-order valence-electron chi connectivity index (χ1n) is 9.46. The Bertz CT molecular complexity index is 1240. The van der Waals surface area contributed by atoms with Crippen LogP contribution in [0.1, 0.15) is 21.5 Å². The Kier molecular flexibility index (Phi) is 5.96. The summed E-state index contributed by atoms with van der Waals surface area (Å²) >= 11 is 3.38. The number of halogens is 1. The smallest absolute Gasteiger partial charge is 0.344 e. The lowest BCUT2D eigenvalue weighted by Crippen LogP contribution is -2.10. The van der Waals surface area contributed by atoms with Crippen LogP contribution in [0.4, 0.5) is 0 Å². The molecule has 0 heterocycles. The minimum atomic E-state index is -0.445. The summed E-state index contributed by atoms with van der Waals surface area (Å²) in [7, 11) is 1.56. The number of esters is 1. The van der Waals surface area contributed by atoms with Crippen LogP contribution in [0.25, 0.3) is 22.9 Å². The van der Waals surface area contributed by atoms with Crippen molar-refractivity contribution in [1.82, 2.24) is 0 Å². The molecule has 4 aromatic rings. The molecular formula is C26H19BrO3. The number of carbonyl (C=O) groups excluding carboxylic acids is 1. The third kappa shape index (κ3) is 4.29. The molecule has 4 heteroatoms. The molecule has 0 aliphatic heterocycles. The Morgan fingerprint density at radius 2 is 1.60 bits per heavy atom. The highest BCUT2D eigenvalue weighted by atomic mass is 79.9. The summed E-state index contributed by atoms with van der Waals surface area (Å²) in [6, 6.07) is 27.2. The van der Waals surface area contributed by atoms with Gasteiger partial charge in [-0.3, -0.25) is 0 Å². The lowest BCUT2D eigenvalue weighted by atomic mass is 10.0. The number of fused-ring (bicyclic) bond motifs is 1. The van der Waals surface area contributed by atoms with Crippen molar-refractivity contribution in [3.05, 3.63) is 106 Å².